The van der Waals surface area contributed by atoms with Crippen LogP contribution in [0.3, 0.4) is 0 Å². The number of imide groups is 4. The molecule has 1 saturated carbocycles. The largest absolute Gasteiger partial charge is 0.507 e. The molecule has 6 atom stereocenters. The lowest BCUT2D eigenvalue weighted by molar-refractivity contribution is -0.138. The summed E-state index contributed by atoms with van der Waals surface area (Å²) in [6, 6.07) is 18.4. The van der Waals surface area contributed by atoms with Gasteiger partial charge in [0.25, 0.3) is 0 Å². The number of nitrogens with zero attached hydrogens (tertiary/aromatic N) is 4. The van der Waals surface area contributed by atoms with Crippen molar-refractivity contribution in [3.8, 4) is 16.3 Å². The molecule has 2 aliphatic heterocycles. The number of phenols is 1. The summed E-state index contributed by atoms with van der Waals surface area (Å²) in [5.74, 6) is -6.18. The van der Waals surface area contributed by atoms with Gasteiger partial charge < -0.3 is 9.84 Å². The van der Waals surface area contributed by atoms with Crippen LogP contribution >= 0.6 is 22.9 Å². The summed E-state index contributed by atoms with van der Waals surface area (Å²) < 4.78 is 7.35. The van der Waals surface area contributed by atoms with E-state index in [2.05, 4.69) is 0 Å². The minimum atomic E-state index is -1.39. The van der Waals surface area contributed by atoms with Crippen LogP contribution in [0.25, 0.3) is 31.4 Å². The minimum absolute atomic E-state index is 0.0244. The van der Waals surface area contributed by atoms with E-state index in [1.807, 2.05) is 55.5 Å². The van der Waals surface area contributed by atoms with Crippen LogP contribution in [0.1, 0.15) is 36.8 Å². The molecule has 6 unspecified atom stereocenters. The summed E-state index contributed by atoms with van der Waals surface area (Å²) in [7, 11) is 2.80. The van der Waals surface area contributed by atoms with E-state index >= 15 is 4.79 Å². The summed E-state index contributed by atoms with van der Waals surface area (Å²) in [5.41, 5.74) is 1.32. The number of carbonyl (C=O) groups is 5. The third kappa shape index (κ3) is 4.45. The molecule has 268 valence electrons. The zero-order valence-corrected chi connectivity index (χ0v) is 30.7. The zero-order chi connectivity index (χ0) is 37.2. The van der Waals surface area contributed by atoms with Gasteiger partial charge in [0.15, 0.2) is 0 Å². The predicted octanol–water partition coefficient (Wildman–Crippen LogP) is 7.12. The van der Waals surface area contributed by atoms with Crippen LogP contribution in [-0.4, -0.2) is 56.6 Å². The minimum Gasteiger partial charge on any atom is -0.507 e. The number of benzene rings is 3. The number of fused-ring (bicyclic) bond motifs is 6. The number of likely N-dealkylation sites (tertiary alicyclic amines) is 1. The number of phenolic OH excluding ortho intramolecular Hbond substituents is 1. The van der Waals surface area contributed by atoms with Gasteiger partial charge in [0.1, 0.15) is 17.3 Å². The molecule has 4 aliphatic rings. The first kappa shape index (κ1) is 33.5. The number of halogens is 1. The Balaban J connectivity index is 1.20. The lowest BCUT2D eigenvalue weighted by atomic mass is 9.51. The molecule has 0 spiro atoms. The van der Waals surface area contributed by atoms with Crippen molar-refractivity contribution in [3.05, 3.63) is 88.5 Å². The second kappa shape index (κ2) is 11.6. The lowest BCUT2D eigenvalue weighted by Gasteiger charge is -2.49. The SMILES string of the molecule is COC(=O)N1C(=O)C2CC=C3C(CC4C(=O)N(c5cc(-c6sc7ccc(Cl)cc7c6C)nn5C)C(=O)C4(C)C3c3ccc4ccccc4c3O)C2C1=O. The second-order valence-electron chi connectivity index (χ2n) is 14.6. The number of carbonyl (C=O) groups excluding carboxylic acids is 5. The van der Waals surface area contributed by atoms with E-state index in [4.69, 9.17) is 21.4 Å². The Morgan fingerprint density at radius 1 is 1.00 bits per heavy atom. The van der Waals surface area contributed by atoms with Crippen molar-refractivity contribution < 1.29 is 33.8 Å². The average Bonchev–Trinajstić information content (AvgIpc) is 3.82. The summed E-state index contributed by atoms with van der Waals surface area (Å²) in [5, 5.41) is 19.7. The van der Waals surface area contributed by atoms with Crippen molar-refractivity contribution in [1.29, 1.82) is 0 Å². The van der Waals surface area contributed by atoms with Gasteiger partial charge in [0, 0.05) is 39.7 Å². The summed E-state index contributed by atoms with van der Waals surface area (Å²) >= 11 is 7.85. The highest BCUT2D eigenvalue weighted by atomic mass is 35.5. The van der Waals surface area contributed by atoms with Crippen LogP contribution in [0.2, 0.25) is 5.02 Å². The molecule has 11 nitrogen and oxygen atoms in total. The summed E-state index contributed by atoms with van der Waals surface area (Å²) in [6.07, 6.45) is 1.06. The fraction of sp³-hybridized carbons (Fsp3) is 0.300. The van der Waals surface area contributed by atoms with Gasteiger partial charge in [0.2, 0.25) is 23.6 Å². The van der Waals surface area contributed by atoms with Crippen molar-refractivity contribution in [3.63, 3.8) is 0 Å². The maximum absolute atomic E-state index is 15.1. The molecular weight excluding hydrogens is 716 g/mol. The first-order valence-corrected chi connectivity index (χ1v) is 18.5. The Labute approximate surface area is 312 Å². The first-order valence-electron chi connectivity index (χ1n) is 17.3. The van der Waals surface area contributed by atoms with Gasteiger partial charge in [-0.1, -0.05) is 59.6 Å². The smallest absolute Gasteiger partial charge is 0.423 e. The maximum atomic E-state index is 15.1. The monoisotopic (exact) mass is 748 g/mol. The highest BCUT2D eigenvalue weighted by Gasteiger charge is 2.68. The van der Waals surface area contributed by atoms with Crippen molar-refractivity contribution >= 4 is 79.3 Å². The Bertz CT molecular complexity index is 2540. The molecule has 1 N–H and O–H groups in total. The Morgan fingerprint density at radius 2 is 1.77 bits per heavy atom. The zero-order valence-electron chi connectivity index (χ0n) is 29.1. The number of anilines is 1. The second-order valence-corrected chi connectivity index (χ2v) is 16.1. The number of hydrogen-bond donors (Lipinski definition) is 1. The predicted molar refractivity (Wildman–Crippen MR) is 198 cm³/mol. The van der Waals surface area contributed by atoms with Gasteiger partial charge in [0.05, 0.1) is 35.2 Å². The standard InChI is InChI=1S/C40H33ClN4O7S/c1-18-25-15-20(41)10-14-29(25)53-34(18)28-17-30(43(3)42-28)44-36(48)27-16-26-22(12-13-23-31(26)37(49)45(35(23)47)39(51)52-4)32(40(27,2)38(44)50)24-11-9-19-7-5-6-8-21(19)33(24)46/h5-12,14-15,17,23,26-27,31-32,46H,13,16H2,1-4H3. The average molecular weight is 749 g/mol. The molecule has 3 fully saturated rings. The van der Waals surface area contributed by atoms with E-state index in [1.54, 1.807) is 43.5 Å². The van der Waals surface area contributed by atoms with Gasteiger partial charge in [-0.3, -0.25) is 23.9 Å². The molecule has 5 amide bonds. The maximum Gasteiger partial charge on any atom is 0.423 e. The van der Waals surface area contributed by atoms with Crippen molar-refractivity contribution in [2.45, 2.75) is 32.6 Å². The van der Waals surface area contributed by atoms with Crippen LogP contribution in [0, 0.1) is 36.0 Å². The van der Waals surface area contributed by atoms with Gasteiger partial charge in [-0.2, -0.15) is 10.00 Å². The van der Waals surface area contributed by atoms with Crippen LogP contribution in [0.4, 0.5) is 10.6 Å². The fourth-order valence-corrected chi connectivity index (χ4v) is 10.9. The highest BCUT2D eigenvalue weighted by Crippen LogP contribution is 2.64. The Hall–Kier alpha value is -5.33. The van der Waals surface area contributed by atoms with Crippen LogP contribution in [0.15, 0.2) is 72.3 Å². The third-order valence-corrected chi connectivity index (χ3v) is 13.6. The van der Waals surface area contributed by atoms with E-state index in [9.17, 15) is 24.3 Å². The molecule has 2 aliphatic carbocycles. The number of aromatic hydroxyl groups is 1. The molecule has 13 heteroatoms. The summed E-state index contributed by atoms with van der Waals surface area (Å²) in [4.78, 5) is 72.6. The van der Waals surface area contributed by atoms with Gasteiger partial charge in [-0.25, -0.2) is 9.69 Å². The molecule has 0 bridgehead atoms. The van der Waals surface area contributed by atoms with E-state index in [-0.39, 0.29) is 18.6 Å². The quantitative estimate of drug-likeness (QED) is 0.152. The van der Waals surface area contributed by atoms with Gasteiger partial charge in [-0.05, 0) is 67.1 Å². The molecule has 5 aromatic rings. The molecule has 53 heavy (non-hydrogen) atoms. The van der Waals surface area contributed by atoms with Crippen molar-refractivity contribution in [1.82, 2.24) is 14.7 Å². The molecule has 4 heterocycles. The molecule has 9 rings (SSSR count). The van der Waals surface area contributed by atoms with Crippen LogP contribution in [0.5, 0.6) is 5.75 Å². The number of amides is 5. The van der Waals surface area contributed by atoms with Gasteiger partial charge >= 0.3 is 6.09 Å². The highest BCUT2D eigenvalue weighted by molar-refractivity contribution is 7.22. The number of hydrogen-bond acceptors (Lipinski definition) is 9. The molecule has 3 aromatic carbocycles. The van der Waals surface area contributed by atoms with E-state index < -0.39 is 64.7 Å². The lowest BCUT2D eigenvalue weighted by Crippen LogP contribution is -2.49. The number of aryl methyl sites for hydroxylation is 2. The van der Waals surface area contributed by atoms with Crippen molar-refractivity contribution in [2.24, 2.45) is 36.1 Å². The Kier molecular flexibility index (Phi) is 7.32. The summed E-state index contributed by atoms with van der Waals surface area (Å²) in [6.45, 7) is 3.75. The number of rotatable bonds is 3. The number of methoxy groups -OCH3 is 1. The third-order valence-electron chi connectivity index (χ3n) is 12.1. The molecule has 2 aromatic heterocycles. The number of thiophene rings is 1. The van der Waals surface area contributed by atoms with Gasteiger partial charge in [-0.15, -0.1) is 11.3 Å². The number of aromatic nitrogens is 2. The van der Waals surface area contributed by atoms with Crippen molar-refractivity contribution in [2.75, 3.05) is 12.0 Å². The van der Waals surface area contributed by atoms with Crippen LogP contribution in [-0.2, 0) is 31.0 Å². The van der Waals surface area contributed by atoms with E-state index in [1.165, 1.54) is 9.58 Å². The topological polar surface area (TPSA) is 139 Å². The number of ether oxygens (including phenoxy) is 1. The number of allylic oxidation sites excluding steroid dienone is 2. The molecule has 2 saturated heterocycles. The van der Waals surface area contributed by atoms with E-state index in [0.717, 1.165) is 33.0 Å². The Morgan fingerprint density at radius 3 is 2.55 bits per heavy atom. The molecule has 0 radical (unpaired) electrons. The normalized spacial score (nSPS) is 26.7. The molecular formula is C40H33ClN4O7S. The van der Waals surface area contributed by atoms with Crippen LogP contribution < -0.4 is 4.90 Å². The fourth-order valence-electron chi connectivity index (χ4n) is 9.57. The first-order chi connectivity index (χ1) is 25.4. The van der Waals surface area contributed by atoms with E-state index in [0.29, 0.717) is 38.0 Å².